The molecule has 16 heavy (non-hydrogen) atoms. The van der Waals surface area contributed by atoms with E-state index in [2.05, 4.69) is 0 Å². The Morgan fingerprint density at radius 1 is 1.25 bits per heavy atom. The molecule has 0 spiro atoms. The molecule has 1 heterocycles. The van der Waals surface area contributed by atoms with Gasteiger partial charge in [0.25, 0.3) is 0 Å². The van der Waals surface area contributed by atoms with Gasteiger partial charge in [-0.05, 0) is 12.8 Å². The Morgan fingerprint density at radius 3 is 2.44 bits per heavy atom. The van der Waals surface area contributed by atoms with Crippen molar-refractivity contribution in [1.82, 2.24) is 4.90 Å². The van der Waals surface area contributed by atoms with Gasteiger partial charge in [0.2, 0.25) is 5.91 Å². The zero-order valence-electron chi connectivity index (χ0n) is 8.87. The van der Waals surface area contributed by atoms with Gasteiger partial charge in [-0.15, -0.1) is 0 Å². The van der Waals surface area contributed by atoms with Crippen LogP contribution in [0.25, 0.3) is 0 Å². The van der Waals surface area contributed by atoms with Crippen molar-refractivity contribution in [3.05, 3.63) is 12.2 Å². The number of hydrogen-bond acceptors (Lipinski definition) is 3. The predicted octanol–water partition coefficient (Wildman–Crippen LogP) is -0.00100. The molecule has 0 aromatic rings. The fourth-order valence-electron chi connectivity index (χ4n) is 2.34. The Hall–Kier alpha value is -1.36. The van der Waals surface area contributed by atoms with Crippen LogP contribution in [0.3, 0.4) is 0 Å². The van der Waals surface area contributed by atoms with Gasteiger partial charge in [-0.2, -0.15) is 0 Å². The fraction of sp³-hybridized carbons (Fsp3) is 0.636. The summed E-state index contributed by atoms with van der Waals surface area (Å²) >= 11 is 0. The highest BCUT2D eigenvalue weighted by Gasteiger charge is 2.40. The standard InChI is InChI=1S/C11H15NO4/c13-8-5-9(11(15)16)12(6-8)10(14)7-3-1-2-4-7/h1-2,7-9,13H,3-6H2,(H,15,16)/t8-,9+/m1/s1. The molecule has 1 amide bonds. The molecule has 5 nitrogen and oxygen atoms in total. The van der Waals surface area contributed by atoms with E-state index in [1.54, 1.807) is 0 Å². The van der Waals surface area contributed by atoms with Crippen LogP contribution in [-0.2, 0) is 9.59 Å². The number of aliphatic carboxylic acids is 1. The average Bonchev–Trinajstić information content (AvgIpc) is 2.84. The third kappa shape index (κ3) is 1.95. The third-order valence-corrected chi connectivity index (χ3v) is 3.20. The summed E-state index contributed by atoms with van der Waals surface area (Å²) in [7, 11) is 0. The van der Waals surface area contributed by atoms with Crippen molar-refractivity contribution in [1.29, 1.82) is 0 Å². The highest BCUT2D eigenvalue weighted by molar-refractivity contribution is 5.86. The normalized spacial score (nSPS) is 29.9. The quantitative estimate of drug-likeness (QED) is 0.648. The molecule has 1 fully saturated rings. The van der Waals surface area contributed by atoms with Crippen LogP contribution < -0.4 is 0 Å². The van der Waals surface area contributed by atoms with Crippen molar-refractivity contribution in [2.24, 2.45) is 5.92 Å². The molecule has 2 rings (SSSR count). The fourth-order valence-corrected chi connectivity index (χ4v) is 2.34. The van der Waals surface area contributed by atoms with Gasteiger partial charge in [0.15, 0.2) is 0 Å². The van der Waals surface area contributed by atoms with E-state index < -0.39 is 18.1 Å². The third-order valence-electron chi connectivity index (χ3n) is 3.20. The topological polar surface area (TPSA) is 77.8 Å². The van der Waals surface area contributed by atoms with Gasteiger partial charge in [0.05, 0.1) is 6.10 Å². The Kier molecular flexibility index (Phi) is 2.96. The Labute approximate surface area is 93.4 Å². The molecule has 0 saturated carbocycles. The molecule has 0 aromatic heterocycles. The molecular weight excluding hydrogens is 210 g/mol. The number of aliphatic hydroxyl groups is 1. The van der Waals surface area contributed by atoms with E-state index in [-0.39, 0.29) is 24.8 Å². The first kappa shape index (κ1) is 11.1. The summed E-state index contributed by atoms with van der Waals surface area (Å²) in [5, 5.41) is 18.4. The molecule has 88 valence electrons. The Balaban J connectivity index is 2.06. The van der Waals surface area contributed by atoms with Crippen LogP contribution in [0.5, 0.6) is 0 Å². The largest absolute Gasteiger partial charge is 0.480 e. The number of amides is 1. The van der Waals surface area contributed by atoms with E-state index in [1.807, 2.05) is 12.2 Å². The van der Waals surface area contributed by atoms with Gasteiger partial charge >= 0.3 is 5.97 Å². The minimum Gasteiger partial charge on any atom is -0.480 e. The first-order valence-electron chi connectivity index (χ1n) is 5.46. The number of nitrogens with zero attached hydrogens (tertiary/aromatic N) is 1. The van der Waals surface area contributed by atoms with Crippen molar-refractivity contribution >= 4 is 11.9 Å². The minimum atomic E-state index is -1.03. The number of carbonyl (C=O) groups is 2. The van der Waals surface area contributed by atoms with Crippen LogP contribution in [0, 0.1) is 5.92 Å². The lowest BCUT2D eigenvalue weighted by molar-refractivity contribution is -0.149. The number of likely N-dealkylation sites (tertiary alicyclic amines) is 1. The van der Waals surface area contributed by atoms with E-state index in [0.717, 1.165) is 0 Å². The molecule has 1 saturated heterocycles. The van der Waals surface area contributed by atoms with Gasteiger partial charge in [-0.1, -0.05) is 12.2 Å². The highest BCUT2D eigenvalue weighted by Crippen LogP contribution is 2.26. The number of rotatable bonds is 2. The molecule has 0 bridgehead atoms. The summed E-state index contributed by atoms with van der Waals surface area (Å²) in [6.07, 6.45) is 4.66. The van der Waals surface area contributed by atoms with E-state index in [1.165, 1.54) is 4.90 Å². The van der Waals surface area contributed by atoms with Crippen molar-refractivity contribution in [3.63, 3.8) is 0 Å². The molecule has 0 aromatic carbocycles. The van der Waals surface area contributed by atoms with Crippen molar-refractivity contribution in [3.8, 4) is 0 Å². The van der Waals surface area contributed by atoms with E-state index in [9.17, 15) is 14.7 Å². The molecule has 0 unspecified atom stereocenters. The van der Waals surface area contributed by atoms with Crippen LogP contribution >= 0.6 is 0 Å². The number of β-amino-alcohol motifs (C(OH)–C–C–N with tert-alkyl or cyclic N) is 1. The van der Waals surface area contributed by atoms with Gasteiger partial charge in [0, 0.05) is 18.9 Å². The first-order valence-corrected chi connectivity index (χ1v) is 5.46. The summed E-state index contributed by atoms with van der Waals surface area (Å²) in [5.41, 5.74) is 0. The number of carboxylic acid groups (broad SMARTS) is 1. The maximum atomic E-state index is 12.0. The number of allylic oxidation sites excluding steroid dienone is 2. The monoisotopic (exact) mass is 225 g/mol. The summed E-state index contributed by atoms with van der Waals surface area (Å²) in [4.78, 5) is 24.3. The summed E-state index contributed by atoms with van der Waals surface area (Å²) < 4.78 is 0. The van der Waals surface area contributed by atoms with Crippen LogP contribution in [0.1, 0.15) is 19.3 Å². The minimum absolute atomic E-state index is 0.132. The molecule has 1 aliphatic heterocycles. The summed E-state index contributed by atoms with van der Waals surface area (Å²) in [6.45, 7) is 0.145. The van der Waals surface area contributed by atoms with Gasteiger partial charge < -0.3 is 15.1 Å². The second kappa shape index (κ2) is 4.25. The number of hydrogen-bond donors (Lipinski definition) is 2. The highest BCUT2D eigenvalue weighted by atomic mass is 16.4. The van der Waals surface area contributed by atoms with Crippen LogP contribution in [0.15, 0.2) is 12.2 Å². The molecule has 5 heteroatoms. The Bertz CT molecular complexity index is 331. The second-order valence-corrected chi connectivity index (χ2v) is 4.37. The first-order chi connectivity index (χ1) is 7.59. The average molecular weight is 225 g/mol. The summed E-state index contributed by atoms with van der Waals surface area (Å²) in [5.74, 6) is -1.31. The molecule has 2 N–H and O–H groups in total. The van der Waals surface area contributed by atoms with E-state index >= 15 is 0 Å². The van der Waals surface area contributed by atoms with Crippen molar-refractivity contribution in [2.45, 2.75) is 31.4 Å². The lowest BCUT2D eigenvalue weighted by Gasteiger charge is -2.24. The SMILES string of the molecule is O=C(O)[C@@H]1C[C@@H](O)CN1C(=O)C1CC=CC1. The maximum absolute atomic E-state index is 12.0. The maximum Gasteiger partial charge on any atom is 0.326 e. The van der Waals surface area contributed by atoms with Crippen molar-refractivity contribution < 1.29 is 19.8 Å². The zero-order chi connectivity index (χ0) is 11.7. The molecule has 2 aliphatic rings. The van der Waals surface area contributed by atoms with Gasteiger partial charge in [-0.25, -0.2) is 4.79 Å². The number of carboxylic acids is 1. The molecule has 0 radical (unpaired) electrons. The van der Waals surface area contributed by atoms with Gasteiger partial charge in [-0.3, -0.25) is 4.79 Å². The summed E-state index contributed by atoms with van der Waals surface area (Å²) in [6, 6.07) is -0.858. The molecule has 1 aliphatic carbocycles. The lowest BCUT2D eigenvalue weighted by atomic mass is 10.1. The number of carbonyl (C=O) groups excluding carboxylic acids is 1. The molecular formula is C11H15NO4. The predicted molar refractivity (Wildman–Crippen MR) is 55.6 cm³/mol. The van der Waals surface area contributed by atoms with E-state index in [0.29, 0.717) is 12.8 Å². The Morgan fingerprint density at radius 2 is 1.88 bits per heavy atom. The van der Waals surface area contributed by atoms with Crippen LogP contribution in [0.4, 0.5) is 0 Å². The van der Waals surface area contributed by atoms with Gasteiger partial charge in [0.1, 0.15) is 6.04 Å². The lowest BCUT2D eigenvalue weighted by Crippen LogP contribution is -2.43. The zero-order valence-corrected chi connectivity index (χ0v) is 8.87. The van der Waals surface area contributed by atoms with Crippen LogP contribution in [0.2, 0.25) is 0 Å². The second-order valence-electron chi connectivity index (χ2n) is 4.37. The van der Waals surface area contributed by atoms with E-state index in [4.69, 9.17) is 5.11 Å². The van der Waals surface area contributed by atoms with Crippen LogP contribution in [-0.4, -0.2) is 45.7 Å². The molecule has 2 atom stereocenters. The smallest absolute Gasteiger partial charge is 0.326 e. The van der Waals surface area contributed by atoms with Crippen molar-refractivity contribution in [2.75, 3.05) is 6.54 Å². The number of aliphatic hydroxyl groups excluding tert-OH is 1.